The maximum atomic E-state index is 11.5. The summed E-state index contributed by atoms with van der Waals surface area (Å²) in [7, 11) is 0. The van der Waals surface area contributed by atoms with Gasteiger partial charge >= 0.3 is 0 Å². The van der Waals surface area contributed by atoms with E-state index in [-0.39, 0.29) is 0 Å². The van der Waals surface area contributed by atoms with Gasteiger partial charge in [-0.2, -0.15) is 0 Å². The zero-order valence-electron chi connectivity index (χ0n) is 14.9. The molecule has 26 heavy (non-hydrogen) atoms. The minimum absolute atomic E-state index is 0.482. The van der Waals surface area contributed by atoms with Gasteiger partial charge in [0.15, 0.2) is 0 Å². The quantitative estimate of drug-likeness (QED) is 0.358. The van der Waals surface area contributed by atoms with Gasteiger partial charge in [0.2, 0.25) is 0 Å². The van der Waals surface area contributed by atoms with Crippen LogP contribution in [0.1, 0.15) is 47.6 Å². The monoisotopic (exact) mass is 344 g/mol. The van der Waals surface area contributed by atoms with Crippen molar-refractivity contribution in [2.45, 2.75) is 38.1 Å². The number of pyridine rings is 1. The Labute approximate surface area is 155 Å². The van der Waals surface area contributed by atoms with E-state index in [2.05, 4.69) is 46.6 Å². The summed E-state index contributed by atoms with van der Waals surface area (Å²) in [6.07, 6.45) is 9.00. The van der Waals surface area contributed by atoms with Crippen molar-refractivity contribution in [3.63, 3.8) is 0 Å². The van der Waals surface area contributed by atoms with Gasteiger partial charge in [0.1, 0.15) is 6.04 Å². The second-order valence-electron chi connectivity index (χ2n) is 6.54. The SMILES string of the molecule is O=NC(c1cccnc1)c1ccccc1CCCCCc1ccccc1. The van der Waals surface area contributed by atoms with Crippen molar-refractivity contribution in [3.05, 3.63) is 106 Å². The summed E-state index contributed by atoms with van der Waals surface area (Å²) in [6.45, 7) is 0. The highest BCUT2D eigenvalue weighted by atomic mass is 16.3. The van der Waals surface area contributed by atoms with Gasteiger partial charge in [-0.3, -0.25) is 4.98 Å². The van der Waals surface area contributed by atoms with Gasteiger partial charge < -0.3 is 0 Å². The van der Waals surface area contributed by atoms with Crippen LogP contribution in [0.5, 0.6) is 0 Å². The average Bonchev–Trinajstić information content (AvgIpc) is 2.71. The zero-order valence-corrected chi connectivity index (χ0v) is 14.9. The first-order valence-corrected chi connectivity index (χ1v) is 9.22. The molecule has 0 aliphatic carbocycles. The molecule has 0 aliphatic heterocycles. The number of nitrogens with zero attached hydrogens (tertiary/aromatic N) is 2. The van der Waals surface area contributed by atoms with Crippen molar-refractivity contribution in [2.24, 2.45) is 5.18 Å². The van der Waals surface area contributed by atoms with Crippen molar-refractivity contribution in [1.29, 1.82) is 0 Å². The summed E-state index contributed by atoms with van der Waals surface area (Å²) in [5.74, 6) is 0. The van der Waals surface area contributed by atoms with E-state index in [9.17, 15) is 4.91 Å². The molecule has 1 unspecified atom stereocenters. The molecule has 0 saturated carbocycles. The van der Waals surface area contributed by atoms with Crippen LogP contribution in [0.2, 0.25) is 0 Å². The van der Waals surface area contributed by atoms with Crippen LogP contribution in [0.4, 0.5) is 0 Å². The number of hydrogen-bond donors (Lipinski definition) is 0. The maximum Gasteiger partial charge on any atom is 0.144 e. The Morgan fingerprint density at radius 2 is 1.58 bits per heavy atom. The minimum atomic E-state index is -0.482. The highest BCUT2D eigenvalue weighted by molar-refractivity contribution is 5.36. The van der Waals surface area contributed by atoms with Gasteiger partial charge in [-0.15, -0.1) is 4.91 Å². The van der Waals surface area contributed by atoms with Crippen LogP contribution in [0.3, 0.4) is 0 Å². The second-order valence-corrected chi connectivity index (χ2v) is 6.54. The van der Waals surface area contributed by atoms with Gasteiger partial charge in [-0.25, -0.2) is 0 Å². The van der Waals surface area contributed by atoms with Gasteiger partial charge in [0.05, 0.1) is 0 Å². The molecule has 3 nitrogen and oxygen atoms in total. The average molecular weight is 344 g/mol. The lowest BCUT2D eigenvalue weighted by Crippen LogP contribution is -2.03. The van der Waals surface area contributed by atoms with Crippen molar-refractivity contribution in [3.8, 4) is 0 Å². The van der Waals surface area contributed by atoms with Crippen LogP contribution >= 0.6 is 0 Å². The molecule has 3 heteroatoms. The van der Waals surface area contributed by atoms with Crippen LogP contribution in [-0.2, 0) is 12.8 Å². The maximum absolute atomic E-state index is 11.5. The fourth-order valence-corrected chi connectivity index (χ4v) is 3.33. The molecule has 2 aromatic carbocycles. The molecule has 1 atom stereocenters. The third-order valence-electron chi connectivity index (χ3n) is 4.71. The first-order valence-electron chi connectivity index (χ1n) is 9.22. The van der Waals surface area contributed by atoms with E-state index in [1.54, 1.807) is 12.4 Å². The molecule has 3 aromatic rings. The van der Waals surface area contributed by atoms with Gasteiger partial charge in [-0.1, -0.05) is 72.3 Å². The van der Waals surface area contributed by atoms with Gasteiger partial charge in [0.25, 0.3) is 0 Å². The number of nitroso groups, excluding NO2 is 1. The Morgan fingerprint density at radius 3 is 2.35 bits per heavy atom. The lowest BCUT2D eigenvalue weighted by atomic mass is 9.93. The van der Waals surface area contributed by atoms with E-state index >= 15 is 0 Å². The third-order valence-corrected chi connectivity index (χ3v) is 4.71. The summed E-state index contributed by atoms with van der Waals surface area (Å²) in [6, 6.07) is 22.0. The number of hydrogen-bond acceptors (Lipinski definition) is 3. The molecule has 1 aromatic heterocycles. The Bertz CT molecular complexity index is 803. The summed E-state index contributed by atoms with van der Waals surface area (Å²) in [5.41, 5.74) is 4.45. The highest BCUT2D eigenvalue weighted by Gasteiger charge is 2.17. The van der Waals surface area contributed by atoms with E-state index in [1.165, 1.54) is 24.0 Å². The normalized spacial score (nSPS) is 11.8. The van der Waals surface area contributed by atoms with Crippen LogP contribution in [0.25, 0.3) is 0 Å². The molecule has 1 heterocycles. The van der Waals surface area contributed by atoms with Crippen LogP contribution in [0, 0.1) is 4.91 Å². The molecule has 0 bridgehead atoms. The fraction of sp³-hybridized carbons (Fsp3) is 0.261. The zero-order chi connectivity index (χ0) is 18.0. The summed E-state index contributed by atoms with van der Waals surface area (Å²) in [5, 5.41) is 3.38. The molecule has 0 aliphatic rings. The number of unbranched alkanes of at least 4 members (excludes halogenated alkanes) is 2. The Kier molecular flexibility index (Phi) is 6.66. The Hall–Kier alpha value is -2.81. The molecule has 0 saturated heterocycles. The summed E-state index contributed by atoms with van der Waals surface area (Å²) >= 11 is 0. The second kappa shape index (κ2) is 9.62. The van der Waals surface area contributed by atoms with E-state index in [0.717, 1.165) is 30.4 Å². The predicted molar refractivity (Wildman–Crippen MR) is 106 cm³/mol. The molecule has 0 spiro atoms. The number of aryl methyl sites for hydroxylation is 2. The first kappa shape index (κ1) is 18.0. The van der Waals surface area contributed by atoms with E-state index in [0.29, 0.717) is 0 Å². The van der Waals surface area contributed by atoms with E-state index in [4.69, 9.17) is 0 Å². The Balaban J connectivity index is 1.59. The van der Waals surface area contributed by atoms with Gasteiger partial charge in [-0.05, 0) is 48.4 Å². The standard InChI is InChI=1S/C23H24N2O/c26-25-23(21-15-9-17-24-18-21)22-16-8-7-14-20(22)13-6-2-5-12-19-10-3-1-4-11-19/h1,3-4,7-11,14-18,23H,2,5-6,12-13H2. The topological polar surface area (TPSA) is 42.3 Å². The molecule has 0 radical (unpaired) electrons. The molecule has 132 valence electrons. The Morgan fingerprint density at radius 1 is 0.808 bits per heavy atom. The van der Waals surface area contributed by atoms with Crippen molar-refractivity contribution in [2.75, 3.05) is 0 Å². The molecule has 0 fully saturated rings. The highest BCUT2D eigenvalue weighted by Crippen LogP contribution is 2.29. The molecule has 0 N–H and O–H groups in total. The van der Waals surface area contributed by atoms with Gasteiger partial charge in [0, 0.05) is 18.0 Å². The summed E-state index contributed by atoms with van der Waals surface area (Å²) in [4.78, 5) is 15.6. The molecule has 0 amide bonds. The fourth-order valence-electron chi connectivity index (χ4n) is 3.33. The van der Waals surface area contributed by atoms with Crippen LogP contribution in [-0.4, -0.2) is 4.98 Å². The molecule has 3 rings (SSSR count). The number of rotatable bonds is 9. The lowest BCUT2D eigenvalue weighted by Gasteiger charge is -2.14. The third kappa shape index (κ3) is 4.85. The smallest absolute Gasteiger partial charge is 0.144 e. The summed E-state index contributed by atoms with van der Waals surface area (Å²) < 4.78 is 0. The lowest BCUT2D eigenvalue weighted by molar-refractivity contribution is 0.673. The molecular formula is C23H24N2O. The number of aromatic nitrogens is 1. The van der Waals surface area contributed by atoms with E-state index in [1.807, 2.05) is 30.3 Å². The van der Waals surface area contributed by atoms with Crippen molar-refractivity contribution >= 4 is 0 Å². The van der Waals surface area contributed by atoms with E-state index < -0.39 is 6.04 Å². The largest absolute Gasteiger partial charge is 0.264 e. The number of benzene rings is 2. The van der Waals surface area contributed by atoms with Crippen LogP contribution in [0.15, 0.2) is 84.3 Å². The first-order chi connectivity index (χ1) is 12.9. The van der Waals surface area contributed by atoms with Crippen molar-refractivity contribution in [1.82, 2.24) is 4.98 Å². The molecular weight excluding hydrogens is 320 g/mol. The van der Waals surface area contributed by atoms with Crippen LogP contribution < -0.4 is 0 Å². The predicted octanol–water partition coefficient (Wildman–Crippen LogP) is 5.89. The minimum Gasteiger partial charge on any atom is -0.264 e. The van der Waals surface area contributed by atoms with Crippen molar-refractivity contribution < 1.29 is 0 Å².